The maximum atomic E-state index is 11.8. The number of ether oxygens (including phenoxy) is 1. The molecule has 0 bridgehead atoms. The Morgan fingerprint density at radius 1 is 1.31 bits per heavy atom. The third-order valence-electron chi connectivity index (χ3n) is 5.60. The van der Waals surface area contributed by atoms with Crippen molar-refractivity contribution >= 4 is 33.1 Å². The summed E-state index contributed by atoms with van der Waals surface area (Å²) in [6, 6.07) is 5.39. The minimum Gasteiger partial charge on any atom is -0.461 e. The SMILES string of the molecule is CCOC(=O)c1cc(-c2csc(C3CCN(Cc4cc([N+](=O)[O-])ccc4OS(C)(=O)=O)CC3)n2)on1. The highest BCUT2D eigenvalue weighted by Gasteiger charge is 2.26. The summed E-state index contributed by atoms with van der Waals surface area (Å²) in [4.78, 5) is 29.3. The molecule has 1 aliphatic rings. The molecule has 0 saturated carbocycles. The number of hydrogen-bond acceptors (Lipinski definition) is 12. The molecule has 192 valence electrons. The molecule has 1 aliphatic heterocycles. The van der Waals surface area contributed by atoms with Gasteiger partial charge in [0.15, 0.2) is 11.5 Å². The number of rotatable bonds is 9. The van der Waals surface area contributed by atoms with Crippen LogP contribution < -0.4 is 4.18 Å². The van der Waals surface area contributed by atoms with Crippen molar-refractivity contribution in [3.05, 3.63) is 56.0 Å². The number of likely N-dealkylation sites (tertiary alicyclic amines) is 1. The predicted molar refractivity (Wildman–Crippen MR) is 129 cm³/mol. The summed E-state index contributed by atoms with van der Waals surface area (Å²) >= 11 is 1.50. The second kappa shape index (κ2) is 10.7. The van der Waals surface area contributed by atoms with Gasteiger partial charge >= 0.3 is 16.1 Å². The van der Waals surface area contributed by atoms with E-state index in [4.69, 9.17) is 13.4 Å². The summed E-state index contributed by atoms with van der Waals surface area (Å²) < 4.78 is 38.5. The van der Waals surface area contributed by atoms with Crippen LogP contribution in [-0.2, 0) is 21.4 Å². The molecule has 1 fully saturated rings. The van der Waals surface area contributed by atoms with Crippen LogP contribution in [0.3, 0.4) is 0 Å². The van der Waals surface area contributed by atoms with Gasteiger partial charge in [0.25, 0.3) is 5.69 Å². The summed E-state index contributed by atoms with van der Waals surface area (Å²) in [7, 11) is -3.78. The van der Waals surface area contributed by atoms with Gasteiger partial charge in [0.1, 0.15) is 11.4 Å². The predicted octanol–water partition coefficient (Wildman–Crippen LogP) is 3.60. The fourth-order valence-electron chi connectivity index (χ4n) is 3.91. The van der Waals surface area contributed by atoms with Crippen LogP contribution in [0.4, 0.5) is 5.69 Å². The lowest BCUT2D eigenvalue weighted by molar-refractivity contribution is -0.384. The largest absolute Gasteiger partial charge is 0.461 e. The molecule has 0 atom stereocenters. The monoisotopic (exact) mass is 536 g/mol. The van der Waals surface area contributed by atoms with Gasteiger partial charge in [0.05, 0.1) is 22.8 Å². The molecule has 3 aromatic rings. The zero-order valence-corrected chi connectivity index (χ0v) is 21.2. The molecule has 2 aromatic heterocycles. The van der Waals surface area contributed by atoms with Crippen molar-refractivity contribution in [1.82, 2.24) is 15.0 Å². The first kappa shape index (κ1) is 25.7. The van der Waals surface area contributed by atoms with E-state index >= 15 is 0 Å². The summed E-state index contributed by atoms with van der Waals surface area (Å²) in [5.74, 6) is 0.138. The number of carbonyl (C=O) groups excluding carboxylic acids is 1. The number of piperidine rings is 1. The quantitative estimate of drug-likeness (QED) is 0.170. The van der Waals surface area contributed by atoms with Crippen LogP contribution in [0.15, 0.2) is 34.2 Å². The summed E-state index contributed by atoms with van der Waals surface area (Å²) in [5.41, 5.74) is 0.997. The summed E-state index contributed by atoms with van der Waals surface area (Å²) in [6.07, 6.45) is 2.53. The third-order valence-corrected chi connectivity index (χ3v) is 7.09. The molecule has 0 amide bonds. The number of esters is 1. The van der Waals surface area contributed by atoms with E-state index in [9.17, 15) is 23.3 Å². The Hall–Kier alpha value is -3.36. The van der Waals surface area contributed by atoms with Crippen molar-refractivity contribution in [2.75, 3.05) is 26.0 Å². The fraction of sp³-hybridized carbons (Fsp3) is 0.409. The van der Waals surface area contributed by atoms with Crippen molar-refractivity contribution in [1.29, 1.82) is 0 Å². The number of aromatic nitrogens is 2. The van der Waals surface area contributed by atoms with Crippen LogP contribution in [0.1, 0.15) is 46.7 Å². The molecule has 36 heavy (non-hydrogen) atoms. The maximum Gasteiger partial charge on any atom is 0.360 e. The van der Waals surface area contributed by atoms with Gasteiger partial charge < -0.3 is 13.4 Å². The van der Waals surface area contributed by atoms with Crippen molar-refractivity contribution in [2.45, 2.75) is 32.2 Å². The third kappa shape index (κ3) is 6.25. The van der Waals surface area contributed by atoms with Gasteiger partial charge in [-0.25, -0.2) is 9.78 Å². The fourth-order valence-corrected chi connectivity index (χ4v) is 5.38. The van der Waals surface area contributed by atoms with Gasteiger partial charge in [-0.05, 0) is 38.9 Å². The number of benzene rings is 1. The van der Waals surface area contributed by atoms with E-state index < -0.39 is 21.0 Å². The van der Waals surface area contributed by atoms with Crippen LogP contribution in [0.25, 0.3) is 11.5 Å². The van der Waals surface area contributed by atoms with E-state index in [-0.39, 0.29) is 29.7 Å². The van der Waals surface area contributed by atoms with Gasteiger partial charge in [-0.1, -0.05) is 5.16 Å². The summed E-state index contributed by atoms with van der Waals surface area (Å²) in [5, 5.41) is 17.7. The smallest absolute Gasteiger partial charge is 0.360 e. The van der Waals surface area contributed by atoms with Crippen LogP contribution in [0.2, 0.25) is 0 Å². The molecule has 3 heterocycles. The number of nitro benzene ring substituents is 1. The Morgan fingerprint density at radius 2 is 2.06 bits per heavy atom. The number of non-ortho nitro benzene ring substituents is 1. The van der Waals surface area contributed by atoms with Crippen molar-refractivity contribution in [3.63, 3.8) is 0 Å². The Balaban J connectivity index is 1.40. The first-order valence-corrected chi connectivity index (χ1v) is 13.8. The number of hydrogen-bond donors (Lipinski definition) is 0. The van der Waals surface area contributed by atoms with E-state index in [0.29, 0.717) is 36.7 Å². The zero-order chi connectivity index (χ0) is 25.9. The van der Waals surface area contributed by atoms with Gasteiger partial charge in [0.2, 0.25) is 0 Å². The average molecular weight is 537 g/mol. The van der Waals surface area contributed by atoms with Crippen LogP contribution in [0, 0.1) is 10.1 Å². The molecule has 0 radical (unpaired) electrons. The van der Waals surface area contributed by atoms with Crippen molar-refractivity contribution < 1.29 is 31.6 Å². The second-order valence-corrected chi connectivity index (χ2v) is 10.7. The van der Waals surface area contributed by atoms with Crippen LogP contribution in [-0.4, -0.2) is 60.3 Å². The highest BCUT2D eigenvalue weighted by atomic mass is 32.2. The van der Waals surface area contributed by atoms with Crippen molar-refractivity contribution in [2.24, 2.45) is 0 Å². The van der Waals surface area contributed by atoms with Gasteiger partial charge in [-0.15, -0.1) is 11.3 Å². The zero-order valence-electron chi connectivity index (χ0n) is 19.6. The minimum absolute atomic E-state index is 0.0871. The summed E-state index contributed by atoms with van der Waals surface area (Å²) in [6.45, 7) is 3.65. The first-order valence-electron chi connectivity index (χ1n) is 11.1. The maximum absolute atomic E-state index is 11.8. The lowest BCUT2D eigenvalue weighted by Gasteiger charge is -2.31. The molecule has 0 N–H and O–H groups in total. The van der Waals surface area contributed by atoms with Crippen molar-refractivity contribution in [3.8, 4) is 17.2 Å². The molecule has 0 unspecified atom stereocenters. The Labute approximate surface area is 211 Å². The topological polar surface area (TPSA) is 155 Å². The molecule has 12 nitrogen and oxygen atoms in total. The lowest BCUT2D eigenvalue weighted by atomic mass is 9.97. The molecular weight excluding hydrogens is 512 g/mol. The van der Waals surface area contributed by atoms with E-state index in [2.05, 4.69) is 15.0 Å². The second-order valence-electron chi connectivity index (χ2n) is 8.25. The van der Waals surface area contributed by atoms with Crippen LogP contribution >= 0.6 is 11.3 Å². The normalized spacial score (nSPS) is 15.1. The molecule has 1 saturated heterocycles. The van der Waals surface area contributed by atoms with Gasteiger partial charge in [-0.3, -0.25) is 15.0 Å². The standard InChI is InChI=1S/C22H24N4O8S2/c1-3-32-22(27)17-11-20(33-24-17)18-13-35-21(23-18)14-6-8-25(9-7-14)12-15-10-16(26(28)29)4-5-19(15)34-36(2,30)31/h4-5,10-11,13-14H,3,6-9,12H2,1-2H3. The van der Waals surface area contributed by atoms with Gasteiger partial charge in [0, 0.05) is 41.6 Å². The molecule has 4 rings (SSSR count). The average Bonchev–Trinajstić information content (AvgIpc) is 3.50. The highest BCUT2D eigenvalue weighted by Crippen LogP contribution is 2.34. The molecule has 1 aromatic carbocycles. The molecular formula is C22H24N4O8S2. The number of thiazole rings is 1. The minimum atomic E-state index is -3.78. The highest BCUT2D eigenvalue weighted by molar-refractivity contribution is 7.86. The van der Waals surface area contributed by atoms with E-state index in [1.54, 1.807) is 6.92 Å². The number of nitro groups is 1. The van der Waals surface area contributed by atoms with E-state index in [1.807, 2.05) is 5.38 Å². The van der Waals surface area contributed by atoms with E-state index in [1.165, 1.54) is 35.6 Å². The van der Waals surface area contributed by atoms with Crippen LogP contribution in [0.5, 0.6) is 5.75 Å². The Morgan fingerprint density at radius 3 is 2.72 bits per heavy atom. The number of nitrogens with zero attached hydrogens (tertiary/aromatic N) is 4. The molecule has 14 heteroatoms. The van der Waals surface area contributed by atoms with E-state index in [0.717, 1.165) is 24.1 Å². The Kier molecular flexibility index (Phi) is 7.66. The number of carbonyl (C=O) groups is 1. The molecule has 0 aliphatic carbocycles. The lowest BCUT2D eigenvalue weighted by Crippen LogP contribution is -2.32. The Bertz CT molecular complexity index is 1360. The first-order chi connectivity index (χ1) is 17.1. The van der Waals surface area contributed by atoms with Gasteiger partial charge in [-0.2, -0.15) is 8.42 Å². The molecule has 0 spiro atoms.